The first-order valence-corrected chi connectivity index (χ1v) is 7.61. The number of pyridine rings is 1. The van der Waals surface area contributed by atoms with Gasteiger partial charge in [0, 0.05) is 23.7 Å². The van der Waals surface area contributed by atoms with Crippen LogP contribution in [0, 0.1) is 5.92 Å². The Morgan fingerprint density at radius 3 is 2.95 bits per heavy atom. The topological polar surface area (TPSA) is 58.4 Å². The minimum atomic E-state index is -0.114. The highest BCUT2D eigenvalue weighted by atomic mass is 16.3. The van der Waals surface area contributed by atoms with Crippen LogP contribution in [0.25, 0.3) is 11.0 Å². The van der Waals surface area contributed by atoms with E-state index in [1.807, 2.05) is 6.07 Å². The van der Waals surface area contributed by atoms with E-state index in [4.69, 9.17) is 4.42 Å². The van der Waals surface area contributed by atoms with Crippen molar-refractivity contribution in [1.29, 1.82) is 0 Å². The van der Waals surface area contributed by atoms with E-state index in [-0.39, 0.29) is 11.9 Å². The number of rotatable bonds is 2. The van der Waals surface area contributed by atoms with E-state index in [1.54, 1.807) is 18.5 Å². The number of carbonyl (C=O) groups excluding carboxylic acids is 1. The first-order chi connectivity index (χ1) is 10.2. The summed E-state index contributed by atoms with van der Waals surface area (Å²) in [7, 11) is 0. The molecule has 0 spiro atoms. The maximum absolute atomic E-state index is 12.5. The molecule has 2 unspecified atom stereocenters. The molecule has 5 rings (SSSR count). The molecule has 3 saturated heterocycles. The third-order valence-electron chi connectivity index (χ3n) is 5.02. The van der Waals surface area contributed by atoms with Crippen LogP contribution >= 0.6 is 0 Å². The lowest BCUT2D eigenvalue weighted by molar-refractivity contribution is 0.0212. The van der Waals surface area contributed by atoms with Crippen LogP contribution < -0.4 is 5.32 Å². The molecule has 1 amide bonds. The standard InChI is InChI=1S/C16H19N3O2/c1-10-15(11-3-6-19(10)7-4-11)18-16(20)13-8-12-2-5-17-9-14(12)21-13/h2,5,8-11,15H,3-4,6-7H2,1H3,(H,18,20). The van der Waals surface area contributed by atoms with Gasteiger partial charge in [-0.2, -0.15) is 0 Å². The van der Waals surface area contributed by atoms with Crippen molar-refractivity contribution in [2.45, 2.75) is 31.8 Å². The van der Waals surface area contributed by atoms with Gasteiger partial charge >= 0.3 is 0 Å². The lowest BCUT2D eigenvalue weighted by Crippen LogP contribution is -2.62. The zero-order chi connectivity index (χ0) is 14.4. The van der Waals surface area contributed by atoms with Gasteiger partial charge in [-0.1, -0.05) is 0 Å². The zero-order valence-corrected chi connectivity index (χ0v) is 12.1. The Labute approximate surface area is 123 Å². The largest absolute Gasteiger partial charge is 0.449 e. The quantitative estimate of drug-likeness (QED) is 0.917. The van der Waals surface area contributed by atoms with Crippen molar-refractivity contribution in [3.05, 3.63) is 30.3 Å². The summed E-state index contributed by atoms with van der Waals surface area (Å²) in [6, 6.07) is 4.28. The molecular weight excluding hydrogens is 266 g/mol. The smallest absolute Gasteiger partial charge is 0.287 e. The van der Waals surface area contributed by atoms with Crippen LogP contribution in [0.5, 0.6) is 0 Å². The normalized spacial score (nSPS) is 31.5. The Bertz CT molecular complexity index is 638. The van der Waals surface area contributed by atoms with Crippen molar-refractivity contribution >= 4 is 16.9 Å². The minimum absolute atomic E-state index is 0.114. The summed E-state index contributed by atoms with van der Waals surface area (Å²) in [5.41, 5.74) is 0.657. The van der Waals surface area contributed by atoms with Gasteiger partial charge in [0.05, 0.1) is 6.20 Å². The molecule has 3 fully saturated rings. The van der Waals surface area contributed by atoms with E-state index in [0.29, 0.717) is 23.3 Å². The van der Waals surface area contributed by atoms with Crippen LogP contribution in [-0.4, -0.2) is 41.0 Å². The average Bonchev–Trinajstić information content (AvgIpc) is 2.95. The highest BCUT2D eigenvalue weighted by Gasteiger charge is 2.40. The summed E-state index contributed by atoms with van der Waals surface area (Å²) in [5, 5.41) is 4.10. The molecule has 5 heterocycles. The fraction of sp³-hybridized carbons (Fsp3) is 0.500. The molecule has 3 aliphatic heterocycles. The average molecular weight is 285 g/mol. The molecule has 21 heavy (non-hydrogen) atoms. The Morgan fingerprint density at radius 1 is 1.43 bits per heavy atom. The van der Waals surface area contributed by atoms with Crippen LogP contribution in [0.15, 0.2) is 28.9 Å². The van der Waals surface area contributed by atoms with Crippen molar-refractivity contribution < 1.29 is 9.21 Å². The number of amides is 1. The number of furan rings is 1. The van der Waals surface area contributed by atoms with Crippen LogP contribution in [0.1, 0.15) is 30.3 Å². The van der Waals surface area contributed by atoms with Gasteiger partial charge in [-0.25, -0.2) is 0 Å². The Morgan fingerprint density at radius 2 is 2.24 bits per heavy atom. The number of hydrogen-bond acceptors (Lipinski definition) is 4. The summed E-state index contributed by atoms with van der Waals surface area (Å²) in [5.74, 6) is 0.860. The highest BCUT2D eigenvalue weighted by molar-refractivity contribution is 5.96. The monoisotopic (exact) mass is 285 g/mol. The fourth-order valence-corrected chi connectivity index (χ4v) is 3.76. The minimum Gasteiger partial charge on any atom is -0.449 e. The summed E-state index contributed by atoms with van der Waals surface area (Å²) in [6.07, 6.45) is 5.71. The van der Waals surface area contributed by atoms with Gasteiger partial charge < -0.3 is 9.73 Å². The van der Waals surface area contributed by atoms with Gasteiger partial charge in [-0.05, 0) is 50.9 Å². The third-order valence-corrected chi connectivity index (χ3v) is 5.02. The predicted molar refractivity (Wildman–Crippen MR) is 79.0 cm³/mol. The van der Waals surface area contributed by atoms with Crippen LogP contribution in [0.4, 0.5) is 0 Å². The van der Waals surface area contributed by atoms with Gasteiger partial charge in [0.15, 0.2) is 11.3 Å². The van der Waals surface area contributed by atoms with Gasteiger partial charge in [-0.15, -0.1) is 0 Å². The van der Waals surface area contributed by atoms with Gasteiger partial charge in [0.2, 0.25) is 0 Å². The molecular formula is C16H19N3O2. The molecule has 2 aromatic rings. The maximum atomic E-state index is 12.5. The number of nitrogens with zero attached hydrogens (tertiary/aromatic N) is 2. The Balaban J connectivity index is 1.55. The van der Waals surface area contributed by atoms with Crippen molar-refractivity contribution in [3.63, 3.8) is 0 Å². The summed E-state index contributed by atoms with van der Waals surface area (Å²) < 4.78 is 5.60. The molecule has 2 bridgehead atoms. The van der Waals surface area contributed by atoms with Crippen molar-refractivity contribution in [2.24, 2.45) is 5.92 Å². The molecule has 110 valence electrons. The first kappa shape index (κ1) is 12.8. The van der Waals surface area contributed by atoms with E-state index in [9.17, 15) is 4.79 Å². The molecule has 0 aromatic carbocycles. The Hall–Kier alpha value is -1.88. The van der Waals surface area contributed by atoms with Gasteiger partial charge in [0.25, 0.3) is 5.91 Å². The van der Waals surface area contributed by atoms with E-state index < -0.39 is 0 Å². The fourth-order valence-electron chi connectivity index (χ4n) is 3.76. The number of piperidine rings is 3. The van der Waals surface area contributed by atoms with Crippen molar-refractivity contribution in [1.82, 2.24) is 15.2 Å². The molecule has 5 heteroatoms. The number of hydrogen-bond donors (Lipinski definition) is 1. The number of aromatic nitrogens is 1. The molecule has 1 N–H and O–H groups in total. The van der Waals surface area contributed by atoms with E-state index in [0.717, 1.165) is 18.5 Å². The SMILES string of the molecule is CC1C(NC(=O)c2cc3ccncc3o2)C2CCN1CC2. The second-order valence-electron chi connectivity index (χ2n) is 6.14. The molecule has 5 nitrogen and oxygen atoms in total. The van der Waals surface area contributed by atoms with Gasteiger partial charge in [-0.3, -0.25) is 14.7 Å². The molecule has 3 aliphatic rings. The third kappa shape index (κ3) is 2.12. The van der Waals surface area contributed by atoms with Crippen molar-refractivity contribution in [2.75, 3.05) is 13.1 Å². The van der Waals surface area contributed by atoms with Crippen LogP contribution in [-0.2, 0) is 0 Å². The lowest BCUT2D eigenvalue weighted by Gasteiger charge is -2.49. The summed E-state index contributed by atoms with van der Waals surface area (Å²) >= 11 is 0. The highest BCUT2D eigenvalue weighted by Crippen LogP contribution is 2.32. The first-order valence-electron chi connectivity index (χ1n) is 7.61. The number of fused-ring (bicyclic) bond motifs is 4. The van der Waals surface area contributed by atoms with E-state index in [1.165, 1.54) is 12.8 Å². The second kappa shape index (κ2) is 4.84. The molecule has 0 saturated carbocycles. The van der Waals surface area contributed by atoms with Crippen LogP contribution in [0.2, 0.25) is 0 Å². The van der Waals surface area contributed by atoms with E-state index in [2.05, 4.69) is 22.1 Å². The zero-order valence-electron chi connectivity index (χ0n) is 12.1. The maximum Gasteiger partial charge on any atom is 0.287 e. The second-order valence-corrected chi connectivity index (χ2v) is 6.14. The number of carbonyl (C=O) groups is 1. The molecule has 2 atom stereocenters. The van der Waals surface area contributed by atoms with E-state index >= 15 is 0 Å². The Kier molecular flexibility index (Phi) is 2.96. The van der Waals surface area contributed by atoms with Gasteiger partial charge in [0.1, 0.15) is 0 Å². The van der Waals surface area contributed by atoms with Crippen LogP contribution in [0.3, 0.4) is 0 Å². The summed E-state index contributed by atoms with van der Waals surface area (Å²) in [6.45, 7) is 4.53. The lowest BCUT2D eigenvalue weighted by atomic mass is 9.79. The molecule has 2 aromatic heterocycles. The summed E-state index contributed by atoms with van der Waals surface area (Å²) in [4.78, 5) is 18.9. The molecule has 0 aliphatic carbocycles. The van der Waals surface area contributed by atoms with Crippen molar-refractivity contribution in [3.8, 4) is 0 Å². The number of nitrogens with one attached hydrogen (secondary N) is 1. The predicted octanol–water partition coefficient (Wildman–Crippen LogP) is 2.04. The molecule has 0 radical (unpaired) electrons.